The van der Waals surface area contributed by atoms with Crippen LogP contribution in [-0.4, -0.2) is 26.4 Å². The van der Waals surface area contributed by atoms with Gasteiger partial charge >= 0.3 is 0 Å². The fourth-order valence-electron chi connectivity index (χ4n) is 0.440. The second kappa shape index (κ2) is 7.03. The third-order valence-corrected chi connectivity index (χ3v) is 0.744. The lowest BCUT2D eigenvalue weighted by molar-refractivity contribution is -0.0334. The van der Waals surface area contributed by atoms with E-state index in [0.717, 1.165) is 32.3 Å². The van der Waals surface area contributed by atoms with Gasteiger partial charge < -0.3 is 9.47 Å². The smallest absolute Gasteiger partial charge is 0.0701 e. The molecule has 0 N–H and O–H groups in total. The van der Waals surface area contributed by atoms with Crippen LogP contribution in [0.4, 0.5) is 0 Å². The number of rotatable bonds is 0. The van der Waals surface area contributed by atoms with Gasteiger partial charge in [-0.3, -0.25) is 0 Å². The minimum Gasteiger partial charge on any atom is -0.377 e. The van der Waals surface area contributed by atoms with Crippen LogP contribution in [0, 0.1) is 5.92 Å². The number of hydrogen-bond acceptors (Lipinski definition) is 2. The van der Waals surface area contributed by atoms with Crippen LogP contribution in [0.1, 0.15) is 20.8 Å². The molecule has 1 saturated heterocycles. The molecule has 0 aromatic carbocycles. The van der Waals surface area contributed by atoms with Crippen LogP contribution in [0.5, 0.6) is 0 Å². The van der Waals surface area contributed by atoms with Gasteiger partial charge in [0.25, 0.3) is 0 Å². The average molecular weight is 146 g/mol. The summed E-state index contributed by atoms with van der Waals surface area (Å²) in [5, 5.41) is 0. The highest BCUT2D eigenvalue weighted by molar-refractivity contribution is 4.37. The molecule has 1 heterocycles. The van der Waals surface area contributed by atoms with Crippen molar-refractivity contribution < 1.29 is 9.47 Å². The quantitative estimate of drug-likeness (QED) is 0.518. The van der Waals surface area contributed by atoms with Crippen molar-refractivity contribution in [2.75, 3.05) is 26.4 Å². The largest absolute Gasteiger partial charge is 0.377 e. The van der Waals surface area contributed by atoms with Crippen molar-refractivity contribution in [3.8, 4) is 0 Å². The van der Waals surface area contributed by atoms with Gasteiger partial charge in [-0.2, -0.15) is 0 Å². The first-order valence-corrected chi connectivity index (χ1v) is 3.89. The Hall–Kier alpha value is -0.0800. The molecular formula is C8H18O2. The molecule has 0 radical (unpaired) electrons. The summed E-state index contributed by atoms with van der Waals surface area (Å²) < 4.78 is 9.89. The van der Waals surface area contributed by atoms with Gasteiger partial charge in [0.15, 0.2) is 0 Å². The number of ether oxygens (including phenoxy) is 2. The summed E-state index contributed by atoms with van der Waals surface area (Å²) in [4.78, 5) is 0. The lowest BCUT2D eigenvalue weighted by atomic mass is 10.3. The molecule has 0 aromatic heterocycles. The predicted molar refractivity (Wildman–Crippen MR) is 42.2 cm³/mol. The summed E-state index contributed by atoms with van der Waals surface area (Å²) in [7, 11) is 0. The topological polar surface area (TPSA) is 18.5 Å². The van der Waals surface area contributed by atoms with Crippen LogP contribution in [-0.2, 0) is 9.47 Å². The Kier molecular flexibility index (Phi) is 6.98. The van der Waals surface area contributed by atoms with Gasteiger partial charge in [-0.1, -0.05) is 20.8 Å². The van der Waals surface area contributed by atoms with Gasteiger partial charge in [0, 0.05) is 0 Å². The predicted octanol–water partition coefficient (Wildman–Crippen LogP) is 1.70. The molecule has 0 saturated carbocycles. The van der Waals surface area contributed by atoms with E-state index in [2.05, 4.69) is 20.8 Å². The van der Waals surface area contributed by atoms with Crippen LogP contribution in [0.3, 0.4) is 0 Å². The Balaban J connectivity index is 0.000000180. The minimum absolute atomic E-state index is 0.778. The molecule has 0 amide bonds. The summed E-state index contributed by atoms with van der Waals surface area (Å²) in [6.07, 6.45) is 0. The molecule has 1 fully saturated rings. The lowest BCUT2D eigenvalue weighted by Gasteiger charge is -2.09. The van der Waals surface area contributed by atoms with Gasteiger partial charge in [-0.25, -0.2) is 0 Å². The van der Waals surface area contributed by atoms with Crippen molar-refractivity contribution in [2.24, 2.45) is 5.92 Å². The van der Waals surface area contributed by atoms with Gasteiger partial charge in [0.1, 0.15) is 0 Å². The SMILES string of the molecule is C1COCCO1.CC(C)C. The van der Waals surface area contributed by atoms with Crippen LogP contribution in [0.15, 0.2) is 0 Å². The fraction of sp³-hybridized carbons (Fsp3) is 1.00. The summed E-state index contributed by atoms with van der Waals surface area (Å²) in [6, 6.07) is 0. The molecule has 1 aliphatic rings. The maximum absolute atomic E-state index is 4.94. The first-order valence-electron chi connectivity index (χ1n) is 3.89. The Bertz CT molecular complexity index is 44.0. The van der Waals surface area contributed by atoms with Crippen LogP contribution < -0.4 is 0 Å². The Morgan fingerprint density at radius 1 is 0.800 bits per heavy atom. The molecule has 62 valence electrons. The van der Waals surface area contributed by atoms with Crippen molar-refractivity contribution in [1.29, 1.82) is 0 Å². The molecule has 2 nitrogen and oxygen atoms in total. The van der Waals surface area contributed by atoms with Crippen molar-refractivity contribution in [1.82, 2.24) is 0 Å². The third kappa shape index (κ3) is 10.8. The zero-order valence-corrected chi connectivity index (χ0v) is 7.22. The van der Waals surface area contributed by atoms with Crippen LogP contribution in [0.25, 0.3) is 0 Å². The van der Waals surface area contributed by atoms with Crippen molar-refractivity contribution >= 4 is 0 Å². The standard InChI is InChI=1S/C4H8O2.C4H10/c1-2-6-4-3-5-1;1-4(2)3/h1-4H2;4H,1-3H3. The molecule has 0 spiro atoms. The average Bonchev–Trinajstić information content (AvgIpc) is 1.90. The van der Waals surface area contributed by atoms with E-state index in [1.807, 2.05) is 0 Å². The summed E-state index contributed by atoms with van der Waals surface area (Å²) >= 11 is 0. The van der Waals surface area contributed by atoms with Crippen LogP contribution in [0.2, 0.25) is 0 Å². The van der Waals surface area contributed by atoms with Gasteiger partial charge in [-0.05, 0) is 5.92 Å². The highest BCUT2D eigenvalue weighted by Gasteiger charge is 1.94. The van der Waals surface area contributed by atoms with E-state index in [1.54, 1.807) is 0 Å². The summed E-state index contributed by atoms with van der Waals surface area (Å²) in [5.74, 6) is 0.833. The molecule has 1 aliphatic heterocycles. The van der Waals surface area contributed by atoms with Gasteiger partial charge in [0.2, 0.25) is 0 Å². The van der Waals surface area contributed by atoms with E-state index >= 15 is 0 Å². The first kappa shape index (κ1) is 9.92. The normalized spacial score (nSPS) is 18.0. The molecule has 0 aliphatic carbocycles. The number of hydrogen-bond donors (Lipinski definition) is 0. The first-order chi connectivity index (χ1) is 4.73. The molecule has 0 aromatic rings. The molecule has 0 atom stereocenters. The lowest BCUT2D eigenvalue weighted by Crippen LogP contribution is -2.16. The highest BCUT2D eigenvalue weighted by atomic mass is 16.6. The van der Waals surface area contributed by atoms with E-state index in [1.165, 1.54) is 0 Å². The van der Waals surface area contributed by atoms with E-state index in [-0.39, 0.29) is 0 Å². The molecular weight excluding hydrogens is 128 g/mol. The maximum atomic E-state index is 4.94. The van der Waals surface area contributed by atoms with Gasteiger partial charge in [0.05, 0.1) is 26.4 Å². The molecule has 10 heavy (non-hydrogen) atoms. The zero-order valence-electron chi connectivity index (χ0n) is 7.22. The van der Waals surface area contributed by atoms with E-state index in [0.29, 0.717) is 0 Å². The highest BCUT2D eigenvalue weighted by Crippen LogP contribution is 1.85. The maximum Gasteiger partial charge on any atom is 0.0701 e. The molecule has 2 heteroatoms. The second-order valence-corrected chi connectivity index (χ2v) is 2.96. The van der Waals surface area contributed by atoms with E-state index in [4.69, 9.17) is 9.47 Å². The Labute approximate surface area is 63.5 Å². The summed E-state index contributed by atoms with van der Waals surface area (Å²) in [6.45, 7) is 9.61. The van der Waals surface area contributed by atoms with Crippen LogP contribution >= 0.6 is 0 Å². The molecule has 0 unspecified atom stereocenters. The Morgan fingerprint density at radius 3 is 1.10 bits per heavy atom. The fourth-order valence-corrected chi connectivity index (χ4v) is 0.440. The zero-order chi connectivity index (χ0) is 7.82. The Morgan fingerprint density at radius 2 is 1.00 bits per heavy atom. The minimum atomic E-state index is 0.778. The van der Waals surface area contributed by atoms with Crippen molar-refractivity contribution in [2.45, 2.75) is 20.8 Å². The second-order valence-electron chi connectivity index (χ2n) is 2.96. The molecule has 0 bridgehead atoms. The van der Waals surface area contributed by atoms with Crippen molar-refractivity contribution in [3.05, 3.63) is 0 Å². The van der Waals surface area contributed by atoms with E-state index in [9.17, 15) is 0 Å². The molecule has 1 rings (SSSR count). The van der Waals surface area contributed by atoms with Gasteiger partial charge in [-0.15, -0.1) is 0 Å². The summed E-state index contributed by atoms with van der Waals surface area (Å²) in [5.41, 5.74) is 0. The monoisotopic (exact) mass is 146 g/mol. The third-order valence-electron chi connectivity index (χ3n) is 0.744. The van der Waals surface area contributed by atoms with Crippen molar-refractivity contribution in [3.63, 3.8) is 0 Å². The van der Waals surface area contributed by atoms with E-state index < -0.39 is 0 Å².